The van der Waals surface area contributed by atoms with Crippen LogP contribution < -0.4 is 9.47 Å². The lowest BCUT2D eigenvalue weighted by atomic mass is 10.2. The maximum absolute atomic E-state index is 9.52. The summed E-state index contributed by atoms with van der Waals surface area (Å²) in [7, 11) is 3.19. The van der Waals surface area contributed by atoms with Gasteiger partial charge in [-0.1, -0.05) is 11.3 Å². The SMILES string of the molecule is COc1ccc(-n2nnc(CO)c2-c2cccs2)c(OC)c1. The molecule has 2 aromatic heterocycles. The van der Waals surface area contributed by atoms with E-state index in [1.54, 1.807) is 36.3 Å². The van der Waals surface area contributed by atoms with Gasteiger partial charge in [0, 0.05) is 6.07 Å². The van der Waals surface area contributed by atoms with E-state index in [0.717, 1.165) is 16.3 Å². The van der Waals surface area contributed by atoms with Crippen LogP contribution in [-0.4, -0.2) is 34.3 Å². The molecule has 0 atom stereocenters. The van der Waals surface area contributed by atoms with E-state index >= 15 is 0 Å². The number of thiophene rings is 1. The van der Waals surface area contributed by atoms with Crippen molar-refractivity contribution in [1.82, 2.24) is 15.0 Å². The van der Waals surface area contributed by atoms with E-state index in [9.17, 15) is 5.11 Å². The molecular weight excluding hydrogens is 302 g/mol. The molecule has 7 heteroatoms. The van der Waals surface area contributed by atoms with Gasteiger partial charge in [-0.05, 0) is 23.6 Å². The Kier molecular flexibility index (Phi) is 4.08. The van der Waals surface area contributed by atoms with Crippen molar-refractivity contribution >= 4 is 11.3 Å². The molecule has 0 fully saturated rings. The van der Waals surface area contributed by atoms with E-state index in [1.807, 2.05) is 29.6 Å². The zero-order chi connectivity index (χ0) is 15.5. The van der Waals surface area contributed by atoms with Gasteiger partial charge in [-0.25, -0.2) is 4.68 Å². The summed E-state index contributed by atoms with van der Waals surface area (Å²) in [5.74, 6) is 1.31. The lowest BCUT2D eigenvalue weighted by Crippen LogP contribution is -2.02. The fourth-order valence-corrected chi connectivity index (χ4v) is 2.98. The van der Waals surface area contributed by atoms with Crippen molar-refractivity contribution in [3.63, 3.8) is 0 Å². The van der Waals surface area contributed by atoms with Crippen LogP contribution in [0.5, 0.6) is 11.5 Å². The van der Waals surface area contributed by atoms with Crippen molar-refractivity contribution in [2.24, 2.45) is 0 Å². The van der Waals surface area contributed by atoms with E-state index in [2.05, 4.69) is 10.3 Å². The fraction of sp³-hybridized carbons (Fsp3) is 0.200. The van der Waals surface area contributed by atoms with Gasteiger partial charge >= 0.3 is 0 Å². The van der Waals surface area contributed by atoms with Crippen molar-refractivity contribution in [1.29, 1.82) is 0 Å². The van der Waals surface area contributed by atoms with Crippen molar-refractivity contribution in [2.45, 2.75) is 6.61 Å². The number of methoxy groups -OCH3 is 2. The lowest BCUT2D eigenvalue weighted by Gasteiger charge is -2.12. The van der Waals surface area contributed by atoms with Crippen LogP contribution in [0.3, 0.4) is 0 Å². The van der Waals surface area contributed by atoms with E-state index in [-0.39, 0.29) is 6.61 Å². The van der Waals surface area contributed by atoms with Gasteiger partial charge in [0.2, 0.25) is 0 Å². The Bertz CT molecular complexity index is 768. The van der Waals surface area contributed by atoms with E-state index < -0.39 is 0 Å². The highest BCUT2D eigenvalue weighted by molar-refractivity contribution is 7.13. The number of rotatable bonds is 5. The summed E-state index contributed by atoms with van der Waals surface area (Å²) >= 11 is 1.56. The maximum atomic E-state index is 9.52. The van der Waals surface area contributed by atoms with Crippen molar-refractivity contribution in [3.8, 4) is 27.8 Å². The molecule has 0 unspecified atom stereocenters. The molecule has 0 saturated carbocycles. The Morgan fingerprint density at radius 3 is 2.73 bits per heavy atom. The molecular formula is C15H15N3O3S. The van der Waals surface area contributed by atoms with Crippen molar-refractivity contribution in [3.05, 3.63) is 41.4 Å². The number of aliphatic hydroxyl groups excluding tert-OH is 1. The molecule has 0 spiro atoms. The molecule has 0 saturated heterocycles. The van der Waals surface area contributed by atoms with Crippen molar-refractivity contribution in [2.75, 3.05) is 14.2 Å². The zero-order valence-corrected chi connectivity index (χ0v) is 13.0. The standard InChI is InChI=1S/C15H15N3O3S/c1-20-10-5-6-12(13(8-10)21-2)18-15(11(9-19)16-17-18)14-4-3-7-22-14/h3-8,19H,9H2,1-2H3. The third-order valence-corrected chi connectivity index (χ3v) is 4.14. The molecule has 114 valence electrons. The number of nitrogens with zero attached hydrogens (tertiary/aromatic N) is 3. The van der Waals surface area contributed by atoms with Crippen LogP contribution in [0, 0.1) is 0 Å². The summed E-state index contributed by atoms with van der Waals surface area (Å²) < 4.78 is 12.3. The normalized spacial score (nSPS) is 10.7. The van der Waals surface area contributed by atoms with Crippen LogP contribution in [0.2, 0.25) is 0 Å². The fourth-order valence-electron chi connectivity index (χ4n) is 2.21. The van der Waals surface area contributed by atoms with Crippen LogP contribution in [0.4, 0.5) is 0 Å². The zero-order valence-electron chi connectivity index (χ0n) is 12.2. The minimum absolute atomic E-state index is 0.175. The van der Waals surface area contributed by atoms with Crippen LogP contribution >= 0.6 is 11.3 Å². The first-order valence-corrected chi connectivity index (χ1v) is 7.48. The van der Waals surface area contributed by atoms with Gasteiger partial charge < -0.3 is 14.6 Å². The lowest BCUT2D eigenvalue weighted by molar-refractivity contribution is 0.277. The van der Waals surface area contributed by atoms with Crippen molar-refractivity contribution < 1.29 is 14.6 Å². The topological polar surface area (TPSA) is 69.4 Å². The molecule has 0 aliphatic carbocycles. The first-order valence-electron chi connectivity index (χ1n) is 6.60. The maximum Gasteiger partial charge on any atom is 0.148 e. The third kappa shape index (κ3) is 2.44. The van der Waals surface area contributed by atoms with Crippen LogP contribution in [0.15, 0.2) is 35.7 Å². The minimum atomic E-state index is -0.175. The summed E-state index contributed by atoms with van der Waals surface area (Å²) in [6.45, 7) is -0.175. The first kappa shape index (κ1) is 14.6. The van der Waals surface area contributed by atoms with Gasteiger partial charge in [0.05, 0.1) is 25.7 Å². The van der Waals surface area contributed by atoms with Gasteiger partial charge in [-0.15, -0.1) is 16.4 Å². The molecule has 0 amide bonds. The van der Waals surface area contributed by atoms with E-state index in [4.69, 9.17) is 9.47 Å². The number of aromatic nitrogens is 3. The Hall–Kier alpha value is -2.38. The second-order valence-corrected chi connectivity index (χ2v) is 5.42. The Labute approximate surface area is 131 Å². The van der Waals surface area contributed by atoms with Gasteiger partial charge in [-0.2, -0.15) is 0 Å². The molecule has 22 heavy (non-hydrogen) atoms. The molecule has 1 aromatic carbocycles. The van der Waals surface area contributed by atoms with Gasteiger partial charge in [0.1, 0.15) is 28.6 Å². The summed E-state index contributed by atoms with van der Waals surface area (Å²) in [6.07, 6.45) is 0. The summed E-state index contributed by atoms with van der Waals surface area (Å²) in [4.78, 5) is 0.979. The third-order valence-electron chi connectivity index (χ3n) is 3.26. The van der Waals surface area contributed by atoms with E-state index in [0.29, 0.717) is 17.2 Å². The first-order chi connectivity index (χ1) is 10.8. The molecule has 2 heterocycles. The molecule has 0 aliphatic rings. The average molecular weight is 317 g/mol. The largest absolute Gasteiger partial charge is 0.497 e. The highest BCUT2D eigenvalue weighted by Crippen LogP contribution is 2.33. The second kappa shape index (κ2) is 6.17. The van der Waals surface area contributed by atoms with Gasteiger partial charge in [0.25, 0.3) is 0 Å². The molecule has 1 N–H and O–H groups in total. The number of ether oxygens (including phenoxy) is 2. The summed E-state index contributed by atoms with van der Waals surface area (Å²) in [6, 6.07) is 9.38. The minimum Gasteiger partial charge on any atom is -0.497 e. The molecule has 0 aliphatic heterocycles. The number of hydrogen-bond acceptors (Lipinski definition) is 6. The second-order valence-electron chi connectivity index (χ2n) is 4.47. The molecule has 3 rings (SSSR count). The van der Waals surface area contributed by atoms with Crippen LogP contribution in [-0.2, 0) is 6.61 Å². The van der Waals surface area contributed by atoms with E-state index in [1.165, 1.54) is 0 Å². The highest BCUT2D eigenvalue weighted by atomic mass is 32.1. The summed E-state index contributed by atoms with van der Waals surface area (Å²) in [5, 5.41) is 19.7. The molecule has 0 bridgehead atoms. The molecule has 3 aromatic rings. The van der Waals surface area contributed by atoms with Gasteiger partial charge in [-0.3, -0.25) is 0 Å². The number of hydrogen-bond donors (Lipinski definition) is 1. The molecule has 0 radical (unpaired) electrons. The van der Waals surface area contributed by atoms with Crippen LogP contribution in [0.1, 0.15) is 5.69 Å². The number of benzene rings is 1. The Balaban J connectivity index is 2.19. The predicted octanol–water partition coefficient (Wildman–Crippen LogP) is 2.51. The quantitative estimate of drug-likeness (QED) is 0.783. The smallest absolute Gasteiger partial charge is 0.148 e. The molecule has 6 nitrogen and oxygen atoms in total. The Morgan fingerprint density at radius 1 is 1.23 bits per heavy atom. The van der Waals surface area contributed by atoms with Gasteiger partial charge in [0.15, 0.2) is 0 Å². The Morgan fingerprint density at radius 2 is 2.09 bits per heavy atom. The number of aliphatic hydroxyl groups is 1. The predicted molar refractivity (Wildman–Crippen MR) is 83.7 cm³/mol. The van der Waals surface area contributed by atoms with Crippen LogP contribution in [0.25, 0.3) is 16.3 Å². The summed E-state index contributed by atoms with van der Waals surface area (Å²) in [5.41, 5.74) is 2.03. The highest BCUT2D eigenvalue weighted by Gasteiger charge is 2.19. The average Bonchev–Trinajstić information content (AvgIpc) is 3.22. The monoisotopic (exact) mass is 317 g/mol.